The Bertz CT molecular complexity index is 700. The lowest BCUT2D eigenvalue weighted by atomic mass is 10.1. The molecule has 6 heteroatoms. The van der Waals surface area contributed by atoms with Crippen LogP contribution in [0.5, 0.6) is 0 Å². The molecular weight excluding hydrogens is 312 g/mol. The fourth-order valence-electron chi connectivity index (χ4n) is 2.86. The lowest BCUT2D eigenvalue weighted by Gasteiger charge is -2.24. The van der Waals surface area contributed by atoms with E-state index in [1.807, 2.05) is 10.3 Å². The SMILES string of the molecule is COC(=O)c1cccc(NC(=O)N2CCCC2c2ccsc2)c1. The largest absolute Gasteiger partial charge is 0.465 e. The first-order valence-corrected chi connectivity index (χ1v) is 8.41. The van der Waals surface area contributed by atoms with Gasteiger partial charge in [0.25, 0.3) is 0 Å². The number of thiophene rings is 1. The summed E-state index contributed by atoms with van der Waals surface area (Å²) in [6.07, 6.45) is 1.97. The number of likely N-dealkylation sites (tertiary alicyclic amines) is 1. The third-order valence-corrected chi connectivity index (χ3v) is 4.68. The maximum atomic E-state index is 12.6. The van der Waals surface area contributed by atoms with Crippen molar-refractivity contribution in [2.75, 3.05) is 19.0 Å². The van der Waals surface area contributed by atoms with Crippen molar-refractivity contribution >= 4 is 29.0 Å². The molecule has 1 aliphatic heterocycles. The van der Waals surface area contributed by atoms with E-state index in [2.05, 4.69) is 16.8 Å². The molecule has 2 amide bonds. The highest BCUT2D eigenvalue weighted by Crippen LogP contribution is 2.33. The van der Waals surface area contributed by atoms with Gasteiger partial charge in [-0.3, -0.25) is 0 Å². The van der Waals surface area contributed by atoms with E-state index in [-0.39, 0.29) is 12.1 Å². The third-order valence-electron chi connectivity index (χ3n) is 3.98. The number of nitrogens with one attached hydrogen (secondary N) is 1. The van der Waals surface area contributed by atoms with E-state index in [1.165, 1.54) is 12.7 Å². The second-order valence-electron chi connectivity index (χ2n) is 5.41. The Hall–Kier alpha value is -2.34. The molecule has 2 heterocycles. The van der Waals surface area contributed by atoms with E-state index < -0.39 is 5.97 Å². The molecule has 0 aliphatic carbocycles. The quantitative estimate of drug-likeness (QED) is 0.868. The van der Waals surface area contributed by atoms with Gasteiger partial charge in [0.1, 0.15) is 0 Å². The van der Waals surface area contributed by atoms with Crippen molar-refractivity contribution in [1.29, 1.82) is 0 Å². The van der Waals surface area contributed by atoms with E-state index in [9.17, 15) is 9.59 Å². The number of anilines is 1. The number of esters is 1. The highest BCUT2D eigenvalue weighted by Gasteiger charge is 2.30. The number of benzene rings is 1. The van der Waals surface area contributed by atoms with Crippen LogP contribution < -0.4 is 5.32 Å². The molecule has 23 heavy (non-hydrogen) atoms. The lowest BCUT2D eigenvalue weighted by molar-refractivity contribution is 0.0600. The molecule has 0 spiro atoms. The molecular formula is C17H18N2O3S. The van der Waals surface area contributed by atoms with Crippen LogP contribution in [0.4, 0.5) is 10.5 Å². The molecule has 1 N–H and O–H groups in total. The van der Waals surface area contributed by atoms with Gasteiger partial charge in [-0.2, -0.15) is 11.3 Å². The van der Waals surface area contributed by atoms with Gasteiger partial charge < -0.3 is 15.0 Å². The van der Waals surface area contributed by atoms with Crippen molar-refractivity contribution in [1.82, 2.24) is 4.90 Å². The number of rotatable bonds is 3. The molecule has 0 radical (unpaired) electrons. The predicted molar refractivity (Wildman–Crippen MR) is 89.8 cm³/mol. The number of ether oxygens (including phenoxy) is 1. The summed E-state index contributed by atoms with van der Waals surface area (Å²) < 4.78 is 4.70. The Morgan fingerprint density at radius 1 is 1.35 bits per heavy atom. The van der Waals surface area contributed by atoms with Crippen molar-refractivity contribution in [2.24, 2.45) is 0 Å². The smallest absolute Gasteiger partial charge is 0.337 e. The summed E-state index contributed by atoms with van der Waals surface area (Å²) in [5.74, 6) is -0.418. The minimum absolute atomic E-state index is 0.130. The molecule has 1 saturated heterocycles. The van der Waals surface area contributed by atoms with Gasteiger partial charge in [-0.15, -0.1) is 0 Å². The molecule has 1 aromatic heterocycles. The van der Waals surface area contributed by atoms with Gasteiger partial charge in [-0.05, 0) is 53.4 Å². The zero-order valence-corrected chi connectivity index (χ0v) is 13.6. The average molecular weight is 330 g/mol. The number of amides is 2. The number of nitrogens with zero attached hydrogens (tertiary/aromatic N) is 1. The molecule has 2 aromatic rings. The van der Waals surface area contributed by atoms with Gasteiger partial charge in [-0.1, -0.05) is 6.07 Å². The molecule has 120 valence electrons. The Morgan fingerprint density at radius 2 is 2.22 bits per heavy atom. The second kappa shape index (κ2) is 6.83. The van der Waals surface area contributed by atoms with Crippen LogP contribution in [0, 0.1) is 0 Å². The highest BCUT2D eigenvalue weighted by molar-refractivity contribution is 7.08. The highest BCUT2D eigenvalue weighted by atomic mass is 32.1. The molecule has 1 unspecified atom stereocenters. The summed E-state index contributed by atoms with van der Waals surface area (Å²) in [7, 11) is 1.34. The topological polar surface area (TPSA) is 58.6 Å². The number of methoxy groups -OCH3 is 1. The maximum Gasteiger partial charge on any atom is 0.337 e. The Balaban J connectivity index is 1.73. The fraction of sp³-hybridized carbons (Fsp3) is 0.294. The second-order valence-corrected chi connectivity index (χ2v) is 6.19. The van der Waals surface area contributed by atoms with E-state index in [4.69, 9.17) is 4.74 Å². The minimum atomic E-state index is -0.418. The van der Waals surface area contributed by atoms with Crippen LogP contribution in [0.15, 0.2) is 41.1 Å². The first kappa shape index (κ1) is 15.6. The number of carbonyl (C=O) groups is 2. The number of carbonyl (C=O) groups excluding carboxylic acids is 2. The predicted octanol–water partition coefficient (Wildman–Crippen LogP) is 3.90. The van der Waals surface area contributed by atoms with Crippen LogP contribution >= 0.6 is 11.3 Å². The number of urea groups is 1. The molecule has 5 nitrogen and oxygen atoms in total. The average Bonchev–Trinajstić information content (AvgIpc) is 3.24. The standard InChI is InChI=1S/C17H18N2O3S/c1-22-16(20)12-4-2-5-14(10-12)18-17(21)19-8-3-6-15(19)13-7-9-23-11-13/h2,4-5,7,9-11,15H,3,6,8H2,1H3,(H,18,21). The van der Waals surface area contributed by atoms with Crippen LogP contribution in [-0.2, 0) is 4.74 Å². The third kappa shape index (κ3) is 3.37. The summed E-state index contributed by atoms with van der Waals surface area (Å²) >= 11 is 1.64. The van der Waals surface area contributed by atoms with Crippen LogP contribution in [-0.4, -0.2) is 30.6 Å². The van der Waals surface area contributed by atoms with Crippen LogP contribution in [0.3, 0.4) is 0 Å². The van der Waals surface area contributed by atoms with Crippen molar-refractivity contribution in [3.05, 3.63) is 52.2 Å². The Morgan fingerprint density at radius 3 is 2.96 bits per heavy atom. The van der Waals surface area contributed by atoms with Gasteiger partial charge in [0, 0.05) is 12.2 Å². The van der Waals surface area contributed by atoms with E-state index in [0.29, 0.717) is 11.3 Å². The molecule has 1 atom stereocenters. The Labute approximate surface area is 138 Å². The number of hydrogen-bond acceptors (Lipinski definition) is 4. The zero-order chi connectivity index (χ0) is 16.2. The normalized spacial score (nSPS) is 17.1. The summed E-state index contributed by atoms with van der Waals surface area (Å²) in [6, 6.07) is 8.83. The Kier molecular flexibility index (Phi) is 4.62. The molecule has 0 saturated carbocycles. The zero-order valence-electron chi connectivity index (χ0n) is 12.8. The molecule has 1 aliphatic rings. The van der Waals surface area contributed by atoms with E-state index >= 15 is 0 Å². The van der Waals surface area contributed by atoms with Gasteiger partial charge >= 0.3 is 12.0 Å². The van der Waals surface area contributed by atoms with Gasteiger partial charge in [0.2, 0.25) is 0 Å². The van der Waals surface area contributed by atoms with Crippen molar-refractivity contribution < 1.29 is 14.3 Å². The van der Waals surface area contributed by atoms with E-state index in [0.717, 1.165) is 19.4 Å². The first-order chi connectivity index (χ1) is 11.2. The fourth-order valence-corrected chi connectivity index (χ4v) is 3.57. The van der Waals surface area contributed by atoms with Crippen LogP contribution in [0.25, 0.3) is 0 Å². The van der Waals surface area contributed by atoms with Crippen molar-refractivity contribution in [2.45, 2.75) is 18.9 Å². The summed E-state index contributed by atoms with van der Waals surface area (Å²) in [5.41, 5.74) is 2.20. The van der Waals surface area contributed by atoms with Crippen LogP contribution in [0.1, 0.15) is 34.8 Å². The molecule has 1 fully saturated rings. The van der Waals surface area contributed by atoms with Gasteiger partial charge in [-0.25, -0.2) is 9.59 Å². The van der Waals surface area contributed by atoms with Crippen LogP contribution in [0.2, 0.25) is 0 Å². The van der Waals surface area contributed by atoms with E-state index in [1.54, 1.807) is 35.6 Å². The summed E-state index contributed by atoms with van der Waals surface area (Å²) in [5, 5.41) is 7.00. The molecule has 0 bridgehead atoms. The van der Waals surface area contributed by atoms with Gasteiger partial charge in [0.15, 0.2) is 0 Å². The summed E-state index contributed by atoms with van der Waals surface area (Å²) in [4.78, 5) is 26.0. The monoisotopic (exact) mass is 330 g/mol. The first-order valence-electron chi connectivity index (χ1n) is 7.47. The van der Waals surface area contributed by atoms with Gasteiger partial charge in [0.05, 0.1) is 18.7 Å². The molecule has 3 rings (SSSR count). The molecule has 1 aromatic carbocycles. The van der Waals surface area contributed by atoms with Crippen molar-refractivity contribution in [3.63, 3.8) is 0 Å². The lowest BCUT2D eigenvalue weighted by Crippen LogP contribution is -2.34. The number of hydrogen-bond donors (Lipinski definition) is 1. The van der Waals surface area contributed by atoms with Crippen molar-refractivity contribution in [3.8, 4) is 0 Å². The maximum absolute atomic E-state index is 12.6. The summed E-state index contributed by atoms with van der Waals surface area (Å²) in [6.45, 7) is 0.739. The minimum Gasteiger partial charge on any atom is -0.465 e.